The van der Waals surface area contributed by atoms with Crippen molar-refractivity contribution in [2.75, 3.05) is 33.4 Å². The monoisotopic (exact) mass is 416 g/mol. The molecule has 2 aliphatic rings. The van der Waals surface area contributed by atoms with E-state index in [1.54, 1.807) is 20.1 Å². The highest BCUT2D eigenvalue weighted by atomic mass is 16.5. The molecule has 0 aromatic heterocycles. The van der Waals surface area contributed by atoms with Crippen molar-refractivity contribution in [1.82, 2.24) is 15.5 Å². The highest BCUT2D eigenvalue weighted by Gasteiger charge is 2.36. The van der Waals surface area contributed by atoms with Crippen LogP contribution in [0, 0.1) is 5.92 Å². The van der Waals surface area contributed by atoms with Crippen LogP contribution in [0.25, 0.3) is 0 Å². The maximum Gasteiger partial charge on any atom is 0.338 e. The van der Waals surface area contributed by atoms with Gasteiger partial charge in [-0.15, -0.1) is 0 Å². The van der Waals surface area contributed by atoms with Crippen LogP contribution >= 0.6 is 0 Å². The number of hydrogen-bond acceptors (Lipinski definition) is 6. The standard InChI is InChI=1S/C21H28N4O5/c1-3-30-20(27)17-15(12-25-10-8-13(9-11-25)19(22)26)23-21(28)24-18(17)14-6-4-5-7-16(14)29-2/h4-7,13,18H,3,8-12H2,1-2H3,(H2,22,26)(H2,23,24,28)/t18-/m0/s1. The lowest BCUT2D eigenvalue weighted by Gasteiger charge is -2.35. The van der Waals surface area contributed by atoms with E-state index in [0.29, 0.717) is 55.1 Å². The number of benzene rings is 1. The molecule has 1 saturated heterocycles. The molecule has 0 spiro atoms. The second-order valence-corrected chi connectivity index (χ2v) is 7.34. The molecule has 162 valence electrons. The number of para-hydroxylation sites is 1. The smallest absolute Gasteiger partial charge is 0.338 e. The first-order valence-corrected chi connectivity index (χ1v) is 10.1. The lowest BCUT2D eigenvalue weighted by molar-refractivity contribution is -0.139. The van der Waals surface area contributed by atoms with Crippen molar-refractivity contribution >= 4 is 17.9 Å². The fourth-order valence-electron chi connectivity index (χ4n) is 3.93. The number of nitrogens with zero attached hydrogens (tertiary/aromatic N) is 1. The van der Waals surface area contributed by atoms with Gasteiger partial charge in [-0.2, -0.15) is 0 Å². The van der Waals surface area contributed by atoms with Crippen molar-refractivity contribution in [3.05, 3.63) is 41.1 Å². The first-order chi connectivity index (χ1) is 14.4. The molecule has 1 aromatic rings. The van der Waals surface area contributed by atoms with Gasteiger partial charge >= 0.3 is 12.0 Å². The number of nitrogens with one attached hydrogen (secondary N) is 2. The Labute approximate surface area is 175 Å². The Morgan fingerprint density at radius 1 is 1.23 bits per heavy atom. The van der Waals surface area contributed by atoms with Crippen molar-refractivity contribution in [2.24, 2.45) is 11.7 Å². The van der Waals surface area contributed by atoms with E-state index in [-0.39, 0.29) is 18.4 Å². The third kappa shape index (κ3) is 4.73. The average molecular weight is 416 g/mol. The van der Waals surface area contributed by atoms with E-state index in [4.69, 9.17) is 15.2 Å². The molecule has 0 saturated carbocycles. The minimum atomic E-state index is -0.702. The lowest BCUT2D eigenvalue weighted by Crippen LogP contribution is -2.49. The molecule has 4 N–H and O–H groups in total. The number of carbonyl (C=O) groups is 3. The van der Waals surface area contributed by atoms with Crippen LogP contribution in [0.1, 0.15) is 31.4 Å². The van der Waals surface area contributed by atoms with Crippen molar-refractivity contribution < 1.29 is 23.9 Å². The van der Waals surface area contributed by atoms with Gasteiger partial charge in [-0.25, -0.2) is 9.59 Å². The van der Waals surface area contributed by atoms with Crippen LogP contribution in [0.5, 0.6) is 5.75 Å². The Morgan fingerprint density at radius 2 is 1.93 bits per heavy atom. The molecule has 3 rings (SSSR count). The molecule has 9 heteroatoms. The van der Waals surface area contributed by atoms with Crippen molar-refractivity contribution in [3.63, 3.8) is 0 Å². The zero-order valence-electron chi connectivity index (χ0n) is 17.3. The van der Waals surface area contributed by atoms with Crippen molar-refractivity contribution in [2.45, 2.75) is 25.8 Å². The number of likely N-dealkylation sites (tertiary alicyclic amines) is 1. The third-order valence-corrected chi connectivity index (χ3v) is 5.47. The molecular weight excluding hydrogens is 388 g/mol. The predicted molar refractivity (Wildman–Crippen MR) is 109 cm³/mol. The van der Waals surface area contributed by atoms with E-state index >= 15 is 0 Å². The van der Waals surface area contributed by atoms with E-state index in [2.05, 4.69) is 15.5 Å². The topological polar surface area (TPSA) is 123 Å². The summed E-state index contributed by atoms with van der Waals surface area (Å²) in [5, 5.41) is 5.60. The van der Waals surface area contributed by atoms with Gasteiger partial charge in [0.1, 0.15) is 5.75 Å². The maximum absolute atomic E-state index is 12.9. The van der Waals surface area contributed by atoms with Gasteiger partial charge in [-0.1, -0.05) is 18.2 Å². The molecule has 1 fully saturated rings. The fourth-order valence-corrected chi connectivity index (χ4v) is 3.93. The van der Waals surface area contributed by atoms with Gasteiger partial charge in [0.2, 0.25) is 5.91 Å². The molecule has 3 amide bonds. The predicted octanol–water partition coefficient (Wildman–Crippen LogP) is 1.06. The Hall–Kier alpha value is -3.07. The number of esters is 1. The first kappa shape index (κ1) is 21.6. The summed E-state index contributed by atoms with van der Waals surface area (Å²) in [5.74, 6) is -0.354. The first-order valence-electron chi connectivity index (χ1n) is 10.1. The summed E-state index contributed by atoms with van der Waals surface area (Å²) >= 11 is 0. The fraction of sp³-hybridized carbons (Fsp3) is 0.476. The summed E-state index contributed by atoms with van der Waals surface area (Å²) in [4.78, 5) is 38.8. The van der Waals surface area contributed by atoms with Gasteiger partial charge in [-0.3, -0.25) is 9.69 Å². The third-order valence-electron chi connectivity index (χ3n) is 5.47. The second kappa shape index (κ2) is 9.62. The zero-order chi connectivity index (χ0) is 21.7. The number of carbonyl (C=O) groups excluding carboxylic acids is 3. The van der Waals surface area contributed by atoms with Crippen molar-refractivity contribution in [3.8, 4) is 5.75 Å². The van der Waals surface area contributed by atoms with Gasteiger partial charge in [0.15, 0.2) is 0 Å². The van der Waals surface area contributed by atoms with Crippen LogP contribution in [-0.4, -0.2) is 56.2 Å². The Bertz CT molecular complexity index is 846. The minimum Gasteiger partial charge on any atom is -0.496 e. The van der Waals surface area contributed by atoms with E-state index < -0.39 is 18.0 Å². The van der Waals surface area contributed by atoms with E-state index in [1.165, 1.54) is 0 Å². The van der Waals surface area contributed by atoms with Gasteiger partial charge in [0.05, 0.1) is 25.3 Å². The Balaban J connectivity index is 1.94. The van der Waals surface area contributed by atoms with E-state index in [0.717, 1.165) is 0 Å². The van der Waals surface area contributed by atoms with E-state index in [1.807, 2.05) is 18.2 Å². The summed E-state index contributed by atoms with van der Waals surface area (Å²) in [6.07, 6.45) is 1.30. The van der Waals surface area contributed by atoms with Crippen molar-refractivity contribution in [1.29, 1.82) is 0 Å². The summed E-state index contributed by atoms with van der Waals surface area (Å²) in [7, 11) is 1.54. The van der Waals surface area contributed by atoms with Gasteiger partial charge < -0.3 is 25.8 Å². The largest absolute Gasteiger partial charge is 0.496 e. The Kier molecular flexibility index (Phi) is 6.94. The lowest BCUT2D eigenvalue weighted by atomic mass is 9.93. The molecule has 0 aliphatic carbocycles. The van der Waals surface area contributed by atoms with Crippen LogP contribution in [0.3, 0.4) is 0 Å². The molecule has 2 aliphatic heterocycles. The van der Waals surface area contributed by atoms with Gasteiger partial charge in [-0.05, 0) is 38.9 Å². The summed E-state index contributed by atoms with van der Waals surface area (Å²) < 4.78 is 10.7. The number of methoxy groups -OCH3 is 1. The molecule has 0 radical (unpaired) electrons. The van der Waals surface area contributed by atoms with E-state index in [9.17, 15) is 14.4 Å². The molecule has 2 heterocycles. The molecule has 0 unspecified atom stereocenters. The minimum absolute atomic E-state index is 0.135. The molecule has 9 nitrogen and oxygen atoms in total. The average Bonchev–Trinajstić information content (AvgIpc) is 2.73. The normalized spacial score (nSPS) is 20.3. The number of amides is 3. The van der Waals surface area contributed by atoms with Crippen LogP contribution in [0.4, 0.5) is 4.79 Å². The van der Waals surface area contributed by atoms with Gasteiger partial charge in [0.25, 0.3) is 0 Å². The van der Waals surface area contributed by atoms with Gasteiger partial charge in [0, 0.05) is 23.7 Å². The number of rotatable bonds is 7. The summed E-state index contributed by atoms with van der Waals surface area (Å²) in [5.41, 5.74) is 6.92. The SMILES string of the molecule is CCOC(=O)C1=C(CN2CCC(C(N)=O)CC2)NC(=O)N[C@H]1c1ccccc1OC. The number of hydrogen-bond donors (Lipinski definition) is 3. The molecule has 1 atom stereocenters. The number of nitrogens with two attached hydrogens (primary N) is 1. The highest BCUT2D eigenvalue weighted by molar-refractivity contribution is 5.95. The van der Waals surface area contributed by atoms with Crippen LogP contribution in [-0.2, 0) is 14.3 Å². The maximum atomic E-state index is 12.9. The molecule has 1 aromatic carbocycles. The summed E-state index contributed by atoms with van der Waals surface area (Å²) in [6, 6.07) is 6.13. The Morgan fingerprint density at radius 3 is 2.57 bits per heavy atom. The number of urea groups is 1. The molecular formula is C21H28N4O5. The van der Waals surface area contributed by atoms with Crippen LogP contribution < -0.4 is 21.1 Å². The second-order valence-electron chi connectivity index (χ2n) is 7.34. The number of ether oxygens (including phenoxy) is 2. The highest BCUT2D eigenvalue weighted by Crippen LogP contribution is 2.34. The number of piperidine rings is 1. The molecule has 0 bridgehead atoms. The quantitative estimate of drug-likeness (QED) is 0.571. The molecule has 30 heavy (non-hydrogen) atoms. The number of primary amides is 1. The zero-order valence-corrected chi connectivity index (χ0v) is 17.3. The van der Waals surface area contributed by atoms with Crippen LogP contribution in [0.2, 0.25) is 0 Å². The summed E-state index contributed by atoms with van der Waals surface area (Å²) in [6.45, 7) is 3.61. The van der Waals surface area contributed by atoms with Crippen LogP contribution in [0.15, 0.2) is 35.5 Å².